The summed E-state index contributed by atoms with van der Waals surface area (Å²) in [5, 5.41) is 9.51. The van der Waals surface area contributed by atoms with Crippen LogP contribution in [-0.4, -0.2) is 37.0 Å². The molecule has 8 heteroatoms. The number of carboxylic acid groups (broad SMARTS) is 1. The van der Waals surface area contributed by atoms with Crippen molar-refractivity contribution < 1.29 is 27.4 Å². The van der Waals surface area contributed by atoms with Crippen LogP contribution in [0.1, 0.15) is 40.2 Å². The molecule has 0 saturated heterocycles. The Hall–Kier alpha value is -3.23. The molecular weight excluding hydrogens is 457 g/mol. The van der Waals surface area contributed by atoms with Crippen molar-refractivity contribution in [2.45, 2.75) is 37.6 Å². The molecule has 0 saturated carbocycles. The molecule has 1 atom stereocenters. The number of ether oxygens (including phenoxy) is 1. The zero-order valence-corrected chi connectivity index (χ0v) is 19.8. The van der Waals surface area contributed by atoms with E-state index in [4.69, 9.17) is 4.74 Å². The standard InChI is InChI=1S/C26H26FNO5S/c1-17-7-9-19(22(15-26(29)30)20-10-8-18(2)23(27)14-20)13-21(17)16-28-11-12-33-24-5-3-4-6-25(24)34(28,31)32/h3-10,13-14,22H,11-12,15-16H2,1-2H3,(H,29,30). The largest absolute Gasteiger partial charge is 0.491 e. The van der Waals surface area contributed by atoms with Crippen LogP contribution in [0.2, 0.25) is 0 Å². The number of halogens is 1. The van der Waals surface area contributed by atoms with E-state index in [2.05, 4.69) is 0 Å². The molecule has 1 aliphatic heterocycles. The molecule has 0 radical (unpaired) electrons. The van der Waals surface area contributed by atoms with Gasteiger partial charge in [0.25, 0.3) is 0 Å². The molecule has 1 heterocycles. The molecule has 3 aromatic carbocycles. The summed E-state index contributed by atoms with van der Waals surface area (Å²) in [5.74, 6) is -1.64. The van der Waals surface area contributed by atoms with Crippen LogP contribution >= 0.6 is 0 Å². The Kier molecular flexibility index (Phi) is 6.72. The molecule has 0 amide bonds. The van der Waals surface area contributed by atoms with E-state index in [9.17, 15) is 22.7 Å². The van der Waals surface area contributed by atoms with Crippen LogP contribution in [-0.2, 0) is 21.4 Å². The van der Waals surface area contributed by atoms with Crippen LogP contribution < -0.4 is 4.74 Å². The van der Waals surface area contributed by atoms with Gasteiger partial charge < -0.3 is 9.84 Å². The second-order valence-electron chi connectivity index (χ2n) is 8.48. The fourth-order valence-electron chi connectivity index (χ4n) is 4.16. The zero-order chi connectivity index (χ0) is 24.5. The SMILES string of the molecule is Cc1ccc(C(CC(=O)O)c2ccc(C)c(CN3CCOc4ccccc4S3(=O)=O)c2)cc1F. The van der Waals surface area contributed by atoms with E-state index >= 15 is 0 Å². The Morgan fingerprint density at radius 2 is 1.74 bits per heavy atom. The summed E-state index contributed by atoms with van der Waals surface area (Å²) in [5.41, 5.74) is 3.36. The van der Waals surface area contributed by atoms with Crippen LogP contribution in [0.4, 0.5) is 4.39 Å². The first-order valence-electron chi connectivity index (χ1n) is 11.0. The van der Waals surface area contributed by atoms with Gasteiger partial charge in [-0.1, -0.05) is 42.5 Å². The highest BCUT2D eigenvalue weighted by atomic mass is 32.2. The van der Waals surface area contributed by atoms with Crippen molar-refractivity contribution in [3.05, 3.63) is 94.3 Å². The third-order valence-electron chi connectivity index (χ3n) is 6.16. The van der Waals surface area contributed by atoms with Gasteiger partial charge in [0.05, 0.1) is 6.42 Å². The van der Waals surface area contributed by atoms with Crippen molar-refractivity contribution in [1.82, 2.24) is 4.31 Å². The van der Waals surface area contributed by atoms with E-state index in [1.54, 1.807) is 37.3 Å². The first-order valence-corrected chi connectivity index (χ1v) is 12.4. The molecule has 0 aliphatic carbocycles. The van der Waals surface area contributed by atoms with Crippen LogP contribution in [0.3, 0.4) is 0 Å². The van der Waals surface area contributed by atoms with Crippen molar-refractivity contribution in [2.24, 2.45) is 0 Å². The number of aryl methyl sites for hydroxylation is 2. The first kappa shape index (κ1) is 23.9. The van der Waals surface area contributed by atoms with Crippen LogP contribution in [0.25, 0.3) is 0 Å². The summed E-state index contributed by atoms with van der Waals surface area (Å²) < 4.78 is 47.9. The molecule has 1 N–H and O–H groups in total. The highest BCUT2D eigenvalue weighted by molar-refractivity contribution is 7.89. The lowest BCUT2D eigenvalue weighted by atomic mass is 9.86. The third-order valence-corrected chi connectivity index (χ3v) is 8.05. The van der Waals surface area contributed by atoms with Crippen molar-refractivity contribution in [1.29, 1.82) is 0 Å². The second-order valence-corrected chi connectivity index (χ2v) is 10.4. The van der Waals surface area contributed by atoms with Crippen molar-refractivity contribution in [3.63, 3.8) is 0 Å². The number of benzene rings is 3. The summed E-state index contributed by atoms with van der Waals surface area (Å²) in [6, 6.07) is 16.8. The lowest BCUT2D eigenvalue weighted by Crippen LogP contribution is -2.32. The summed E-state index contributed by atoms with van der Waals surface area (Å²) >= 11 is 0. The molecule has 0 aromatic heterocycles. The van der Waals surface area contributed by atoms with Gasteiger partial charge in [0.15, 0.2) is 0 Å². The number of rotatable bonds is 6. The molecule has 1 unspecified atom stereocenters. The quantitative estimate of drug-likeness (QED) is 0.553. The number of nitrogens with zero attached hydrogens (tertiary/aromatic N) is 1. The topological polar surface area (TPSA) is 83.9 Å². The summed E-state index contributed by atoms with van der Waals surface area (Å²) in [7, 11) is -3.78. The van der Waals surface area contributed by atoms with E-state index in [1.807, 2.05) is 25.1 Å². The number of hydrogen-bond acceptors (Lipinski definition) is 4. The molecular formula is C26H26FNO5S. The smallest absolute Gasteiger partial charge is 0.304 e. The highest BCUT2D eigenvalue weighted by Gasteiger charge is 2.31. The Labute approximate surface area is 198 Å². The predicted octanol–water partition coefficient (Wildman–Crippen LogP) is 4.63. The number of carbonyl (C=O) groups is 1. The average Bonchev–Trinajstić information content (AvgIpc) is 2.92. The van der Waals surface area contributed by atoms with Gasteiger partial charge in [-0.2, -0.15) is 4.31 Å². The monoisotopic (exact) mass is 483 g/mol. The lowest BCUT2D eigenvalue weighted by molar-refractivity contribution is -0.137. The van der Waals surface area contributed by atoms with Gasteiger partial charge in [-0.25, -0.2) is 12.8 Å². The maximum Gasteiger partial charge on any atom is 0.304 e. The fourth-order valence-corrected chi connectivity index (χ4v) is 5.69. The van der Waals surface area contributed by atoms with E-state index < -0.39 is 27.7 Å². The van der Waals surface area contributed by atoms with Crippen molar-refractivity contribution in [2.75, 3.05) is 13.2 Å². The normalized spacial score (nSPS) is 16.2. The fraction of sp³-hybridized carbons (Fsp3) is 0.269. The summed E-state index contributed by atoms with van der Waals surface area (Å²) in [4.78, 5) is 11.7. The van der Waals surface area contributed by atoms with Gasteiger partial charge in [0.2, 0.25) is 10.0 Å². The van der Waals surface area contributed by atoms with Gasteiger partial charge in [-0.15, -0.1) is 0 Å². The summed E-state index contributed by atoms with van der Waals surface area (Å²) in [6.45, 7) is 4.05. The minimum Gasteiger partial charge on any atom is -0.491 e. The molecule has 0 fully saturated rings. The molecule has 4 rings (SSSR count). The Bertz CT molecular complexity index is 1340. The summed E-state index contributed by atoms with van der Waals surface area (Å²) in [6.07, 6.45) is -0.214. The number of para-hydroxylation sites is 1. The van der Waals surface area contributed by atoms with Gasteiger partial charge in [-0.05, 0) is 59.9 Å². The maximum absolute atomic E-state index is 14.3. The number of fused-ring (bicyclic) bond motifs is 1. The lowest BCUT2D eigenvalue weighted by Gasteiger charge is -2.23. The average molecular weight is 484 g/mol. The number of aliphatic carboxylic acids is 1. The van der Waals surface area contributed by atoms with E-state index in [1.165, 1.54) is 16.4 Å². The number of sulfonamides is 1. The van der Waals surface area contributed by atoms with Crippen LogP contribution in [0, 0.1) is 19.7 Å². The number of hydrogen-bond donors (Lipinski definition) is 1. The highest BCUT2D eigenvalue weighted by Crippen LogP contribution is 2.33. The molecule has 3 aromatic rings. The molecule has 1 aliphatic rings. The Morgan fingerprint density at radius 1 is 1.06 bits per heavy atom. The van der Waals surface area contributed by atoms with E-state index in [-0.39, 0.29) is 31.0 Å². The van der Waals surface area contributed by atoms with Crippen molar-refractivity contribution >= 4 is 16.0 Å². The van der Waals surface area contributed by atoms with Gasteiger partial charge in [-0.3, -0.25) is 4.79 Å². The maximum atomic E-state index is 14.3. The first-order chi connectivity index (χ1) is 16.2. The van der Waals surface area contributed by atoms with Crippen LogP contribution in [0.5, 0.6) is 5.75 Å². The third kappa shape index (κ3) is 4.83. The van der Waals surface area contributed by atoms with Crippen LogP contribution in [0.15, 0.2) is 65.6 Å². The van der Waals surface area contributed by atoms with Gasteiger partial charge in [0.1, 0.15) is 23.1 Å². The molecule has 0 spiro atoms. The number of carboxylic acids is 1. The Morgan fingerprint density at radius 3 is 2.44 bits per heavy atom. The molecule has 34 heavy (non-hydrogen) atoms. The Balaban J connectivity index is 1.71. The van der Waals surface area contributed by atoms with Crippen molar-refractivity contribution in [3.8, 4) is 5.75 Å². The second kappa shape index (κ2) is 9.56. The zero-order valence-electron chi connectivity index (χ0n) is 19.0. The van der Waals surface area contributed by atoms with Gasteiger partial charge in [0, 0.05) is 19.0 Å². The van der Waals surface area contributed by atoms with E-state index in [0.29, 0.717) is 22.4 Å². The molecule has 0 bridgehead atoms. The van der Waals surface area contributed by atoms with Gasteiger partial charge >= 0.3 is 5.97 Å². The minimum atomic E-state index is -3.78. The molecule has 178 valence electrons. The predicted molar refractivity (Wildman–Crippen MR) is 126 cm³/mol. The van der Waals surface area contributed by atoms with E-state index in [0.717, 1.165) is 11.1 Å². The molecule has 6 nitrogen and oxygen atoms in total. The minimum absolute atomic E-state index is 0.113.